The lowest BCUT2D eigenvalue weighted by atomic mass is 10.2. The van der Waals surface area contributed by atoms with Crippen LogP contribution in [0.25, 0.3) is 0 Å². The first-order valence-corrected chi connectivity index (χ1v) is 9.21. The van der Waals surface area contributed by atoms with Crippen LogP contribution in [0.15, 0.2) is 35.3 Å². The molecule has 1 aliphatic rings. The molecule has 0 saturated carbocycles. The maximum atomic E-state index is 5.66. The summed E-state index contributed by atoms with van der Waals surface area (Å²) in [6.45, 7) is 7.65. The molecule has 148 valence electrons. The summed E-state index contributed by atoms with van der Waals surface area (Å²) in [7, 11) is 0. The smallest absolute Gasteiger partial charge is 0.191 e. The molecule has 0 amide bonds. The molecule has 26 heavy (non-hydrogen) atoms. The molecule has 1 unspecified atom stereocenters. The summed E-state index contributed by atoms with van der Waals surface area (Å²) < 4.78 is 16.8. The van der Waals surface area contributed by atoms with E-state index in [-0.39, 0.29) is 30.1 Å². The van der Waals surface area contributed by atoms with Gasteiger partial charge in [-0.2, -0.15) is 0 Å². The summed E-state index contributed by atoms with van der Waals surface area (Å²) in [4.78, 5) is 4.51. The zero-order chi connectivity index (χ0) is 17.6. The van der Waals surface area contributed by atoms with Gasteiger partial charge in [0.15, 0.2) is 5.96 Å². The van der Waals surface area contributed by atoms with Crippen LogP contribution < -0.4 is 10.6 Å². The number of guanidine groups is 1. The largest absolute Gasteiger partial charge is 0.377 e. The number of hydrogen-bond acceptors (Lipinski definition) is 4. The van der Waals surface area contributed by atoms with Crippen LogP contribution in [-0.4, -0.2) is 58.1 Å². The van der Waals surface area contributed by atoms with Crippen LogP contribution in [-0.2, 0) is 20.8 Å². The van der Waals surface area contributed by atoms with Crippen LogP contribution >= 0.6 is 24.0 Å². The first-order chi connectivity index (χ1) is 12.4. The fourth-order valence-corrected chi connectivity index (χ4v) is 2.56. The van der Waals surface area contributed by atoms with Gasteiger partial charge in [-0.05, 0) is 25.3 Å². The van der Waals surface area contributed by atoms with Gasteiger partial charge in [-0.25, -0.2) is 0 Å². The van der Waals surface area contributed by atoms with Gasteiger partial charge in [-0.3, -0.25) is 4.99 Å². The summed E-state index contributed by atoms with van der Waals surface area (Å²) in [5.41, 5.74) is 1.19. The number of nitrogens with one attached hydrogen (secondary N) is 2. The number of benzene rings is 1. The Hall–Kier alpha value is -0.900. The van der Waals surface area contributed by atoms with E-state index >= 15 is 0 Å². The summed E-state index contributed by atoms with van der Waals surface area (Å²) in [6.07, 6.45) is 2.53. The Morgan fingerprint density at radius 2 is 2.04 bits per heavy atom. The van der Waals surface area contributed by atoms with Gasteiger partial charge in [0.25, 0.3) is 0 Å². The summed E-state index contributed by atoms with van der Waals surface area (Å²) in [5.74, 6) is 0.798. The number of aliphatic imine (C=N–C) groups is 1. The lowest BCUT2D eigenvalue weighted by molar-refractivity contribution is 0.0200. The molecule has 2 rings (SSSR count). The van der Waals surface area contributed by atoms with Crippen molar-refractivity contribution < 1.29 is 14.2 Å². The minimum absolute atomic E-state index is 0. The molecular weight excluding hydrogens is 445 g/mol. The lowest BCUT2D eigenvalue weighted by Gasteiger charge is -2.12. The van der Waals surface area contributed by atoms with Crippen LogP contribution in [0, 0.1) is 0 Å². The van der Waals surface area contributed by atoms with Crippen molar-refractivity contribution in [1.82, 2.24) is 10.6 Å². The summed E-state index contributed by atoms with van der Waals surface area (Å²) >= 11 is 0. The Labute approximate surface area is 174 Å². The van der Waals surface area contributed by atoms with Crippen molar-refractivity contribution in [3.8, 4) is 0 Å². The normalized spacial score (nSPS) is 17.0. The molecule has 0 spiro atoms. The highest BCUT2D eigenvalue weighted by molar-refractivity contribution is 14.0. The lowest BCUT2D eigenvalue weighted by Crippen LogP contribution is -2.39. The molecule has 1 aliphatic heterocycles. The standard InChI is InChI=1S/C19H31N3O3.HI/c1-2-20-19(22-11-14-24-16-18-9-6-12-25-18)21-10-13-23-15-17-7-4-3-5-8-17;/h3-5,7-8,18H,2,6,9-16H2,1H3,(H2,20,21,22);1H. The van der Waals surface area contributed by atoms with E-state index in [0.29, 0.717) is 33.0 Å². The van der Waals surface area contributed by atoms with Crippen molar-refractivity contribution in [2.24, 2.45) is 4.99 Å². The predicted octanol–water partition coefficient (Wildman–Crippen LogP) is 2.57. The molecule has 1 fully saturated rings. The number of nitrogens with zero attached hydrogens (tertiary/aromatic N) is 1. The minimum Gasteiger partial charge on any atom is -0.377 e. The van der Waals surface area contributed by atoms with E-state index < -0.39 is 0 Å². The second-order valence-electron chi connectivity index (χ2n) is 5.94. The third-order valence-electron chi connectivity index (χ3n) is 3.83. The van der Waals surface area contributed by atoms with Gasteiger partial charge in [-0.15, -0.1) is 24.0 Å². The van der Waals surface area contributed by atoms with Gasteiger partial charge in [-0.1, -0.05) is 30.3 Å². The van der Waals surface area contributed by atoms with Crippen molar-refractivity contribution in [3.63, 3.8) is 0 Å². The first kappa shape index (κ1) is 23.1. The number of rotatable bonds is 11. The van der Waals surface area contributed by atoms with Crippen LogP contribution in [0.2, 0.25) is 0 Å². The maximum absolute atomic E-state index is 5.66. The number of hydrogen-bond donors (Lipinski definition) is 2. The zero-order valence-electron chi connectivity index (χ0n) is 15.6. The highest BCUT2D eigenvalue weighted by atomic mass is 127. The van der Waals surface area contributed by atoms with Gasteiger partial charge in [0.05, 0.1) is 39.1 Å². The van der Waals surface area contributed by atoms with Crippen molar-refractivity contribution in [1.29, 1.82) is 0 Å². The van der Waals surface area contributed by atoms with Crippen LogP contribution in [0.3, 0.4) is 0 Å². The van der Waals surface area contributed by atoms with Crippen molar-refractivity contribution in [2.75, 3.05) is 46.1 Å². The molecule has 0 bridgehead atoms. The van der Waals surface area contributed by atoms with Crippen LogP contribution in [0.4, 0.5) is 0 Å². The minimum atomic E-state index is 0. The fraction of sp³-hybridized carbons (Fsp3) is 0.632. The van der Waals surface area contributed by atoms with Gasteiger partial charge >= 0.3 is 0 Å². The van der Waals surface area contributed by atoms with E-state index in [4.69, 9.17) is 14.2 Å². The second-order valence-corrected chi connectivity index (χ2v) is 5.94. The second kappa shape index (κ2) is 15.2. The molecule has 0 radical (unpaired) electrons. The third kappa shape index (κ3) is 10.3. The average Bonchev–Trinajstić information content (AvgIpc) is 3.15. The van der Waals surface area contributed by atoms with Crippen LogP contribution in [0.5, 0.6) is 0 Å². The maximum Gasteiger partial charge on any atom is 0.191 e. The topological polar surface area (TPSA) is 64.1 Å². The van der Waals surface area contributed by atoms with Gasteiger partial charge in [0.2, 0.25) is 0 Å². The van der Waals surface area contributed by atoms with Gasteiger partial charge in [0, 0.05) is 19.7 Å². The van der Waals surface area contributed by atoms with Crippen molar-refractivity contribution in [2.45, 2.75) is 32.5 Å². The molecule has 0 aromatic heterocycles. The van der Waals surface area contributed by atoms with Crippen molar-refractivity contribution >= 4 is 29.9 Å². The molecule has 1 saturated heterocycles. The monoisotopic (exact) mass is 477 g/mol. The van der Waals surface area contributed by atoms with Crippen molar-refractivity contribution in [3.05, 3.63) is 35.9 Å². The molecule has 2 N–H and O–H groups in total. The first-order valence-electron chi connectivity index (χ1n) is 9.21. The molecule has 1 heterocycles. The van der Waals surface area contributed by atoms with E-state index in [1.54, 1.807) is 0 Å². The number of ether oxygens (including phenoxy) is 3. The fourth-order valence-electron chi connectivity index (χ4n) is 2.56. The SMILES string of the molecule is CCNC(=NCCOCC1CCCO1)NCCOCc1ccccc1.I. The van der Waals surface area contributed by atoms with Gasteiger partial charge in [0.1, 0.15) is 0 Å². The Morgan fingerprint density at radius 3 is 2.77 bits per heavy atom. The predicted molar refractivity (Wildman–Crippen MR) is 115 cm³/mol. The Balaban J connectivity index is 0.00000338. The van der Waals surface area contributed by atoms with E-state index in [0.717, 1.165) is 38.5 Å². The van der Waals surface area contributed by atoms with E-state index in [1.165, 1.54) is 5.56 Å². The third-order valence-corrected chi connectivity index (χ3v) is 3.83. The molecule has 7 heteroatoms. The van der Waals surface area contributed by atoms with Crippen LogP contribution in [0.1, 0.15) is 25.3 Å². The Morgan fingerprint density at radius 1 is 1.19 bits per heavy atom. The highest BCUT2D eigenvalue weighted by Crippen LogP contribution is 2.11. The molecular formula is C19H32IN3O3. The van der Waals surface area contributed by atoms with E-state index in [1.807, 2.05) is 18.2 Å². The molecule has 1 aromatic carbocycles. The average molecular weight is 477 g/mol. The quantitative estimate of drug-likeness (QED) is 0.222. The Bertz CT molecular complexity index is 482. The summed E-state index contributed by atoms with van der Waals surface area (Å²) in [6, 6.07) is 10.2. The zero-order valence-corrected chi connectivity index (χ0v) is 17.9. The molecule has 1 aromatic rings. The molecule has 1 atom stereocenters. The Kier molecular flexibility index (Phi) is 13.5. The molecule has 6 nitrogen and oxygen atoms in total. The van der Waals surface area contributed by atoms with E-state index in [9.17, 15) is 0 Å². The van der Waals surface area contributed by atoms with E-state index in [2.05, 4.69) is 34.7 Å². The summed E-state index contributed by atoms with van der Waals surface area (Å²) in [5, 5.41) is 6.50. The highest BCUT2D eigenvalue weighted by Gasteiger charge is 2.14. The van der Waals surface area contributed by atoms with Gasteiger partial charge < -0.3 is 24.8 Å². The molecule has 0 aliphatic carbocycles. The number of halogens is 1.